The standard InChI is InChI=1S/C12H10IN3O3S/c13-7-1-3-8(4-2-7)15-12(19)14-5-10-16-9(6-20-10)11(17)18/h1-4,6H,5H2,(H,17,18)(H2,14,15,19). The number of carboxylic acid groups (broad SMARTS) is 1. The first-order chi connectivity index (χ1) is 9.54. The minimum atomic E-state index is -1.07. The largest absolute Gasteiger partial charge is 0.476 e. The smallest absolute Gasteiger partial charge is 0.355 e. The Balaban J connectivity index is 1.85. The lowest BCUT2D eigenvalue weighted by Gasteiger charge is -2.06. The molecule has 0 fully saturated rings. The number of aromatic carboxylic acids is 1. The molecule has 104 valence electrons. The predicted molar refractivity (Wildman–Crippen MR) is 84.1 cm³/mol. The second-order valence-corrected chi connectivity index (χ2v) is 5.93. The van der Waals surface area contributed by atoms with E-state index in [1.54, 1.807) is 12.1 Å². The molecule has 2 rings (SSSR count). The molecular weight excluding hydrogens is 393 g/mol. The van der Waals surface area contributed by atoms with Crippen molar-refractivity contribution in [1.29, 1.82) is 0 Å². The van der Waals surface area contributed by atoms with Crippen molar-refractivity contribution in [2.45, 2.75) is 6.54 Å². The lowest BCUT2D eigenvalue weighted by Crippen LogP contribution is -2.28. The summed E-state index contributed by atoms with van der Waals surface area (Å²) in [6.45, 7) is 0.189. The maximum atomic E-state index is 11.6. The van der Waals surface area contributed by atoms with Gasteiger partial charge in [-0.05, 0) is 46.9 Å². The van der Waals surface area contributed by atoms with Crippen LogP contribution in [0.25, 0.3) is 0 Å². The first-order valence-corrected chi connectivity index (χ1v) is 7.48. The van der Waals surface area contributed by atoms with Crippen molar-refractivity contribution < 1.29 is 14.7 Å². The van der Waals surface area contributed by atoms with Crippen molar-refractivity contribution in [1.82, 2.24) is 10.3 Å². The molecule has 2 amide bonds. The van der Waals surface area contributed by atoms with Gasteiger partial charge in [0.2, 0.25) is 0 Å². The summed E-state index contributed by atoms with van der Waals surface area (Å²) in [5, 5.41) is 16.0. The molecule has 0 spiro atoms. The van der Waals surface area contributed by atoms with E-state index >= 15 is 0 Å². The van der Waals surface area contributed by atoms with Crippen LogP contribution in [0.4, 0.5) is 10.5 Å². The second kappa shape index (κ2) is 6.66. The summed E-state index contributed by atoms with van der Waals surface area (Å²) < 4.78 is 1.08. The van der Waals surface area contributed by atoms with E-state index in [2.05, 4.69) is 38.2 Å². The van der Waals surface area contributed by atoms with Gasteiger partial charge in [0.15, 0.2) is 5.69 Å². The lowest BCUT2D eigenvalue weighted by atomic mass is 10.3. The zero-order chi connectivity index (χ0) is 14.5. The van der Waals surface area contributed by atoms with Crippen LogP contribution in [0.15, 0.2) is 29.6 Å². The molecule has 0 saturated carbocycles. The van der Waals surface area contributed by atoms with Gasteiger partial charge in [0.25, 0.3) is 0 Å². The van der Waals surface area contributed by atoms with Gasteiger partial charge >= 0.3 is 12.0 Å². The number of rotatable bonds is 4. The van der Waals surface area contributed by atoms with E-state index in [-0.39, 0.29) is 18.3 Å². The normalized spacial score (nSPS) is 10.1. The number of thiazole rings is 1. The van der Waals surface area contributed by atoms with Gasteiger partial charge in [0.1, 0.15) is 5.01 Å². The van der Waals surface area contributed by atoms with Crippen molar-refractivity contribution in [3.8, 4) is 0 Å². The summed E-state index contributed by atoms with van der Waals surface area (Å²) in [5.41, 5.74) is 0.679. The zero-order valence-corrected chi connectivity index (χ0v) is 13.1. The Bertz CT molecular complexity index is 627. The van der Waals surface area contributed by atoms with E-state index in [4.69, 9.17) is 5.11 Å². The highest BCUT2D eigenvalue weighted by Crippen LogP contribution is 2.12. The Morgan fingerprint density at radius 2 is 2.00 bits per heavy atom. The van der Waals surface area contributed by atoms with Gasteiger partial charge in [0, 0.05) is 14.6 Å². The minimum absolute atomic E-state index is 0.00940. The van der Waals surface area contributed by atoms with E-state index in [1.165, 1.54) is 16.7 Å². The van der Waals surface area contributed by atoms with Crippen LogP contribution in [-0.4, -0.2) is 22.1 Å². The first-order valence-electron chi connectivity index (χ1n) is 5.53. The van der Waals surface area contributed by atoms with Gasteiger partial charge in [0.05, 0.1) is 6.54 Å². The van der Waals surface area contributed by atoms with Crippen LogP contribution in [0.5, 0.6) is 0 Å². The van der Waals surface area contributed by atoms with Crippen LogP contribution in [0, 0.1) is 3.57 Å². The molecule has 20 heavy (non-hydrogen) atoms. The second-order valence-electron chi connectivity index (χ2n) is 3.75. The summed E-state index contributed by atoms with van der Waals surface area (Å²) in [6, 6.07) is 7.01. The Morgan fingerprint density at radius 1 is 1.30 bits per heavy atom. The van der Waals surface area contributed by atoms with Gasteiger partial charge in [-0.3, -0.25) is 0 Å². The molecule has 0 saturated heterocycles. The number of hydrogen-bond acceptors (Lipinski definition) is 4. The van der Waals surface area contributed by atoms with Crippen LogP contribution in [0.2, 0.25) is 0 Å². The van der Waals surface area contributed by atoms with Crippen LogP contribution >= 0.6 is 33.9 Å². The molecule has 8 heteroatoms. The van der Waals surface area contributed by atoms with E-state index in [9.17, 15) is 9.59 Å². The molecule has 1 aromatic heterocycles. The van der Waals surface area contributed by atoms with Crippen LogP contribution in [-0.2, 0) is 6.54 Å². The molecule has 0 bridgehead atoms. The number of carbonyl (C=O) groups excluding carboxylic acids is 1. The fraction of sp³-hybridized carbons (Fsp3) is 0.0833. The first kappa shape index (κ1) is 14.7. The molecule has 1 heterocycles. The van der Waals surface area contributed by atoms with Crippen LogP contribution in [0.3, 0.4) is 0 Å². The maximum absolute atomic E-state index is 11.6. The number of carboxylic acids is 1. The number of aromatic nitrogens is 1. The van der Waals surface area contributed by atoms with Gasteiger partial charge in [-0.25, -0.2) is 14.6 Å². The summed E-state index contributed by atoms with van der Waals surface area (Å²) >= 11 is 3.37. The molecule has 0 aliphatic carbocycles. The Labute approximate surface area is 132 Å². The van der Waals surface area contributed by atoms with Crippen molar-refractivity contribution >= 4 is 51.6 Å². The number of amides is 2. The predicted octanol–water partition coefficient (Wildman–Crippen LogP) is 2.77. The Morgan fingerprint density at radius 3 is 2.60 bits per heavy atom. The highest BCUT2D eigenvalue weighted by Gasteiger charge is 2.09. The fourth-order valence-corrected chi connectivity index (χ4v) is 2.42. The molecular formula is C12H10IN3O3S. The molecule has 0 unspecified atom stereocenters. The van der Waals surface area contributed by atoms with Gasteiger partial charge < -0.3 is 15.7 Å². The number of carbonyl (C=O) groups is 2. The topological polar surface area (TPSA) is 91.3 Å². The molecule has 6 nitrogen and oxygen atoms in total. The summed E-state index contributed by atoms with van der Waals surface area (Å²) in [7, 11) is 0. The van der Waals surface area contributed by atoms with E-state index in [1.807, 2.05) is 12.1 Å². The van der Waals surface area contributed by atoms with Crippen molar-refractivity contribution in [3.05, 3.63) is 43.9 Å². The van der Waals surface area contributed by atoms with E-state index in [0.29, 0.717) is 10.7 Å². The van der Waals surface area contributed by atoms with Gasteiger partial charge in [-0.2, -0.15) is 0 Å². The molecule has 1 aromatic carbocycles. The number of halogens is 1. The summed E-state index contributed by atoms with van der Waals surface area (Å²) in [6.07, 6.45) is 0. The third-order valence-corrected chi connectivity index (χ3v) is 3.84. The lowest BCUT2D eigenvalue weighted by molar-refractivity contribution is 0.0691. The minimum Gasteiger partial charge on any atom is -0.476 e. The summed E-state index contributed by atoms with van der Waals surface area (Å²) in [5.74, 6) is -1.07. The number of hydrogen-bond donors (Lipinski definition) is 3. The fourth-order valence-electron chi connectivity index (χ4n) is 1.35. The van der Waals surface area contributed by atoms with E-state index < -0.39 is 5.97 Å². The maximum Gasteiger partial charge on any atom is 0.355 e. The van der Waals surface area contributed by atoms with Crippen molar-refractivity contribution in [3.63, 3.8) is 0 Å². The average Bonchev–Trinajstić information content (AvgIpc) is 2.88. The molecule has 2 aromatic rings. The quantitative estimate of drug-likeness (QED) is 0.685. The van der Waals surface area contributed by atoms with Crippen molar-refractivity contribution in [2.24, 2.45) is 0 Å². The average molecular weight is 403 g/mol. The zero-order valence-electron chi connectivity index (χ0n) is 10.1. The number of benzene rings is 1. The van der Waals surface area contributed by atoms with Crippen LogP contribution in [0.1, 0.15) is 15.5 Å². The number of anilines is 1. The molecule has 0 radical (unpaired) electrons. The molecule has 3 N–H and O–H groups in total. The molecule has 0 aliphatic rings. The third kappa shape index (κ3) is 4.17. The number of urea groups is 1. The SMILES string of the molecule is O=C(NCc1nc(C(=O)O)cs1)Nc1ccc(I)cc1. The highest BCUT2D eigenvalue weighted by atomic mass is 127. The Hall–Kier alpha value is -1.68. The Kier molecular flexibility index (Phi) is 4.90. The molecule has 0 atom stereocenters. The highest BCUT2D eigenvalue weighted by molar-refractivity contribution is 14.1. The molecule has 0 aliphatic heterocycles. The van der Waals surface area contributed by atoms with Gasteiger partial charge in [-0.1, -0.05) is 0 Å². The number of nitrogens with zero attached hydrogens (tertiary/aromatic N) is 1. The van der Waals surface area contributed by atoms with Crippen molar-refractivity contribution in [2.75, 3.05) is 5.32 Å². The third-order valence-electron chi connectivity index (χ3n) is 2.27. The number of nitrogens with one attached hydrogen (secondary N) is 2. The van der Waals surface area contributed by atoms with E-state index in [0.717, 1.165) is 3.57 Å². The monoisotopic (exact) mass is 403 g/mol. The van der Waals surface area contributed by atoms with Gasteiger partial charge in [-0.15, -0.1) is 11.3 Å². The summed E-state index contributed by atoms with van der Waals surface area (Å²) in [4.78, 5) is 26.2. The van der Waals surface area contributed by atoms with Crippen LogP contribution < -0.4 is 10.6 Å².